The monoisotopic (exact) mass is 1490 g/mol. The summed E-state index contributed by atoms with van der Waals surface area (Å²) < 4.78 is 57.3. The predicted octanol–water partition coefficient (Wildman–Crippen LogP) is 19.6. The molecule has 1 aliphatic rings. The second-order valence-electron chi connectivity index (χ2n) is 28.4. The number of aliphatic hydroxyl groups is 3. The predicted molar refractivity (Wildman–Crippen MR) is 420 cm³/mol. The van der Waals surface area contributed by atoms with Crippen LogP contribution in [0.2, 0.25) is 0 Å². The van der Waals surface area contributed by atoms with Crippen LogP contribution in [0.25, 0.3) is 0 Å². The number of rotatable bonds is 54. The Hall–Kier alpha value is -8.58. The van der Waals surface area contributed by atoms with Crippen molar-refractivity contribution in [2.24, 2.45) is 0 Å². The standard InChI is InChI=1S/C90H120O18/c1-7-13-19-25-31-61-100-73-49-37-67(38-50-73)80(92)88(106-85(97)70-43-55-76(56-44-70)103-64-34-28-22-16-10-4)83(95)79(91)84(96)89(81(93)68-39-51-74(52-40-68)101-62-32-26-20-14-8-2,107-86(98)71-45-57-77(58-46-71)104-65-35-29-23-17-11-5)90(88,82(94)69-41-53-75(54-42-69)102-63-33-27-21-15-9-3)108-87(99)72-47-59-78(60-48-72)105-66-36-30-24-18-12-6/h37-60,79,83-84,91,95-96H,7-36,61-66H2,1-6H3/t79?,83-,84+,88+,89-,90?. The molecule has 0 amide bonds. The number of esters is 3. The van der Waals surface area contributed by atoms with Crippen molar-refractivity contribution in [3.63, 3.8) is 0 Å². The van der Waals surface area contributed by atoms with Crippen LogP contribution in [0, 0.1) is 0 Å². The summed E-state index contributed by atoms with van der Waals surface area (Å²) in [5.74, 6) is -7.43. The Kier molecular flexibility index (Phi) is 37.5. The van der Waals surface area contributed by atoms with Crippen LogP contribution >= 0.6 is 0 Å². The van der Waals surface area contributed by atoms with Crippen molar-refractivity contribution in [2.75, 3.05) is 39.6 Å². The Morgan fingerprint density at radius 1 is 0.250 bits per heavy atom. The second-order valence-corrected chi connectivity index (χ2v) is 28.4. The van der Waals surface area contributed by atoms with Crippen LogP contribution in [-0.4, -0.2) is 125 Å². The molecule has 1 saturated carbocycles. The molecule has 0 aromatic heterocycles. The Labute approximate surface area is 641 Å². The van der Waals surface area contributed by atoms with Gasteiger partial charge in [0.25, 0.3) is 16.8 Å². The van der Waals surface area contributed by atoms with Gasteiger partial charge in [-0.25, -0.2) is 14.4 Å². The SMILES string of the molecule is CCCCCCCOc1ccc(C(=O)OC2(C(=O)c3ccc(OCCCCCCC)cc3)[C@@](OC(=O)c3ccc(OCCCCCCC)cc3)(C(=O)c3ccc(OCCCCCCC)cc3)[C@@H](O)C(O)[C@@H](O)[C@@]2(OC(=O)c2ccc(OCCCCCCC)cc2)C(=O)c2ccc(OCCCCCCC)cc2)cc1. The molecule has 6 aromatic rings. The fourth-order valence-corrected chi connectivity index (χ4v) is 13.6. The molecule has 18 heteroatoms. The van der Waals surface area contributed by atoms with Crippen LogP contribution in [0.4, 0.5) is 0 Å². The van der Waals surface area contributed by atoms with Gasteiger partial charge in [0.15, 0.2) is 0 Å². The van der Waals surface area contributed by atoms with Crippen LogP contribution < -0.4 is 28.4 Å². The number of carbonyl (C=O) groups excluding carboxylic acids is 6. The molecule has 0 saturated heterocycles. The number of ether oxygens (including phenoxy) is 9. The fourth-order valence-electron chi connectivity index (χ4n) is 13.6. The van der Waals surface area contributed by atoms with E-state index in [1.165, 1.54) is 146 Å². The van der Waals surface area contributed by atoms with Gasteiger partial charge in [-0.1, -0.05) is 196 Å². The minimum absolute atomic E-state index is 0.261. The van der Waals surface area contributed by atoms with Crippen molar-refractivity contribution >= 4 is 35.3 Å². The normalized spacial score (nSPS) is 18.1. The summed E-state index contributed by atoms with van der Waals surface area (Å²) in [7, 11) is 0. The van der Waals surface area contributed by atoms with Gasteiger partial charge in [-0.05, 0) is 184 Å². The van der Waals surface area contributed by atoms with Crippen LogP contribution in [0.15, 0.2) is 146 Å². The van der Waals surface area contributed by atoms with Gasteiger partial charge in [0.2, 0.25) is 17.3 Å². The summed E-state index contributed by atoms with van der Waals surface area (Å²) in [6, 6.07) is 32.7. The van der Waals surface area contributed by atoms with Gasteiger partial charge < -0.3 is 58.0 Å². The maximum Gasteiger partial charge on any atom is 0.339 e. The molecule has 18 nitrogen and oxygen atoms in total. The van der Waals surface area contributed by atoms with Gasteiger partial charge in [0.1, 0.15) is 52.8 Å². The van der Waals surface area contributed by atoms with Gasteiger partial charge in [0, 0.05) is 16.7 Å². The highest BCUT2D eigenvalue weighted by Crippen LogP contribution is 2.56. The van der Waals surface area contributed by atoms with Gasteiger partial charge in [-0.2, -0.15) is 0 Å². The van der Waals surface area contributed by atoms with E-state index in [1.807, 2.05) is 0 Å². The Bertz CT molecular complexity index is 3450. The first-order chi connectivity index (χ1) is 52.6. The minimum Gasteiger partial charge on any atom is -0.494 e. The maximum absolute atomic E-state index is 17.8. The topological polar surface area (TPSA) is 246 Å². The zero-order valence-corrected chi connectivity index (χ0v) is 65.0. The van der Waals surface area contributed by atoms with E-state index in [-0.39, 0.29) is 40.5 Å². The van der Waals surface area contributed by atoms with E-state index in [0.717, 1.165) is 173 Å². The van der Waals surface area contributed by atoms with E-state index < -0.39 is 87.1 Å². The summed E-state index contributed by atoms with van der Waals surface area (Å²) >= 11 is 0. The number of ketones is 3. The first-order valence-corrected chi connectivity index (χ1v) is 40.3. The molecule has 0 heterocycles. The lowest BCUT2D eigenvalue weighted by molar-refractivity contribution is -0.293. The first-order valence-electron chi connectivity index (χ1n) is 40.3. The average Bonchev–Trinajstić information content (AvgIpc) is 0.659. The molecule has 0 radical (unpaired) electrons. The number of aliphatic hydroxyl groups excluding tert-OH is 3. The molecule has 1 aliphatic carbocycles. The van der Waals surface area contributed by atoms with Crippen LogP contribution in [0.1, 0.15) is 296 Å². The van der Waals surface area contributed by atoms with Crippen molar-refractivity contribution in [3.05, 3.63) is 179 Å². The molecule has 6 atom stereocenters. The third kappa shape index (κ3) is 24.0. The van der Waals surface area contributed by atoms with Gasteiger partial charge in [-0.15, -0.1) is 0 Å². The van der Waals surface area contributed by atoms with Crippen molar-refractivity contribution < 1.29 is 86.7 Å². The Morgan fingerprint density at radius 3 is 0.648 bits per heavy atom. The molecule has 2 unspecified atom stereocenters. The average molecular weight is 1490 g/mol. The summed E-state index contributed by atoms with van der Waals surface area (Å²) in [6.07, 6.45) is 19.3. The lowest BCUT2D eigenvalue weighted by Gasteiger charge is -2.60. The smallest absolute Gasteiger partial charge is 0.339 e. The van der Waals surface area contributed by atoms with E-state index in [0.29, 0.717) is 69.5 Å². The van der Waals surface area contributed by atoms with Crippen LogP contribution in [0.5, 0.6) is 34.5 Å². The number of hydrogen-bond acceptors (Lipinski definition) is 18. The maximum atomic E-state index is 17.8. The van der Waals surface area contributed by atoms with Gasteiger partial charge >= 0.3 is 17.9 Å². The fraction of sp³-hybridized carbons (Fsp3) is 0.533. The van der Waals surface area contributed by atoms with E-state index in [9.17, 15) is 15.3 Å². The second kappa shape index (κ2) is 46.7. The first kappa shape index (κ1) is 86.7. The molecular weight excluding hydrogens is 1370 g/mol. The summed E-state index contributed by atoms with van der Waals surface area (Å²) in [4.78, 5) is 101. The number of hydrogen-bond donors (Lipinski definition) is 3. The van der Waals surface area contributed by atoms with Gasteiger partial charge in [-0.3, -0.25) is 14.4 Å². The summed E-state index contributed by atoms with van der Waals surface area (Å²) in [6.45, 7) is 14.6. The lowest BCUT2D eigenvalue weighted by atomic mass is 9.52. The van der Waals surface area contributed by atoms with Crippen molar-refractivity contribution in [3.8, 4) is 34.5 Å². The Morgan fingerprint density at radius 2 is 0.435 bits per heavy atom. The summed E-state index contributed by atoms with van der Waals surface area (Å²) in [5, 5.41) is 40.7. The van der Waals surface area contributed by atoms with Crippen molar-refractivity contribution in [1.82, 2.24) is 0 Å². The summed E-state index contributed by atoms with van der Waals surface area (Å²) in [5.41, 5.74) is -14.8. The number of unbranched alkanes of at least 4 members (excludes halogenated alkanes) is 24. The molecule has 0 bridgehead atoms. The van der Waals surface area contributed by atoms with Crippen molar-refractivity contribution in [1.29, 1.82) is 0 Å². The Balaban J connectivity index is 1.56. The minimum atomic E-state index is -4.20. The lowest BCUT2D eigenvalue weighted by Crippen LogP contribution is -2.91. The number of carbonyl (C=O) groups is 6. The van der Waals surface area contributed by atoms with Gasteiger partial charge in [0.05, 0.1) is 56.3 Å². The highest BCUT2D eigenvalue weighted by Gasteiger charge is 2.88. The molecule has 7 rings (SSSR count). The quantitative estimate of drug-likeness (QED) is 0.0139. The zero-order valence-electron chi connectivity index (χ0n) is 65.0. The highest BCUT2D eigenvalue weighted by molar-refractivity contribution is 6.21. The highest BCUT2D eigenvalue weighted by atomic mass is 16.7. The third-order valence-electron chi connectivity index (χ3n) is 20.0. The molecule has 0 spiro atoms. The van der Waals surface area contributed by atoms with Crippen molar-refractivity contribution in [2.45, 2.75) is 269 Å². The molecule has 3 N–H and O–H groups in total. The molecule has 1 fully saturated rings. The zero-order chi connectivity index (χ0) is 77.4. The molecule has 588 valence electrons. The largest absolute Gasteiger partial charge is 0.494 e. The van der Waals surface area contributed by atoms with E-state index in [2.05, 4.69) is 41.5 Å². The molecular formula is C90H120O18. The van der Waals surface area contributed by atoms with E-state index >= 15 is 28.8 Å². The number of Topliss-reactive ketones (excluding diaryl/α,β-unsaturated/α-hetero) is 3. The van der Waals surface area contributed by atoms with E-state index in [4.69, 9.17) is 42.6 Å². The third-order valence-corrected chi connectivity index (χ3v) is 20.0. The molecule has 0 aliphatic heterocycles. The van der Waals surface area contributed by atoms with Crippen LogP contribution in [0.3, 0.4) is 0 Å². The number of benzene rings is 6. The molecule has 108 heavy (non-hydrogen) atoms. The molecule has 6 aromatic carbocycles. The van der Waals surface area contributed by atoms with Crippen LogP contribution in [-0.2, 0) is 14.2 Å². The van der Waals surface area contributed by atoms with E-state index in [1.54, 1.807) is 0 Å².